The smallest absolute Gasteiger partial charge is 0.547 e. The molecule has 12 atom stereocenters. The fraction of sp³-hybridized carbons (Fsp3) is 0.852. The SMILES string of the molecule is C[C@]12Cc3c(O[C@@H]4O[C@H](C(=O)[O-])[C@@H](O)[C@H](O)[C@H]4O)n[nH]c3C[C@@H]1CC[C@@H]1[C@@H]2CC[C@@]2(C)[C@H]1CC[C@]2(C)O.[Na+]. The van der Waals surface area contributed by atoms with E-state index in [-0.39, 0.29) is 46.3 Å². The van der Waals surface area contributed by atoms with E-state index in [1.165, 1.54) is 6.42 Å². The van der Waals surface area contributed by atoms with Crippen LogP contribution in [-0.2, 0) is 22.4 Å². The van der Waals surface area contributed by atoms with E-state index >= 15 is 0 Å². The molecule has 0 spiro atoms. The topological polar surface area (TPSA) is 168 Å². The molecule has 2 heterocycles. The molecule has 38 heavy (non-hydrogen) atoms. The minimum Gasteiger partial charge on any atom is -0.547 e. The van der Waals surface area contributed by atoms with Gasteiger partial charge in [0.1, 0.15) is 24.4 Å². The molecule has 0 aromatic carbocycles. The summed E-state index contributed by atoms with van der Waals surface area (Å²) in [5, 5.41) is 60.5. The van der Waals surface area contributed by atoms with Crippen LogP contribution in [0.5, 0.6) is 5.88 Å². The number of aromatic nitrogens is 2. The fourth-order valence-electron chi connectivity index (χ4n) is 9.10. The Morgan fingerprint density at radius 2 is 1.76 bits per heavy atom. The number of nitrogens with one attached hydrogen (secondary N) is 1. The number of aromatic amines is 1. The molecule has 11 heteroatoms. The second-order valence-electron chi connectivity index (χ2n) is 13.1. The van der Waals surface area contributed by atoms with E-state index in [9.17, 15) is 30.3 Å². The number of carboxylic acid groups (broad SMARTS) is 1. The number of H-pyrrole nitrogens is 1. The number of hydrogen-bond donors (Lipinski definition) is 5. The zero-order valence-corrected chi connectivity index (χ0v) is 24.7. The van der Waals surface area contributed by atoms with Gasteiger partial charge in [-0.2, -0.15) is 0 Å². The summed E-state index contributed by atoms with van der Waals surface area (Å²) in [5.41, 5.74) is 1.23. The summed E-state index contributed by atoms with van der Waals surface area (Å²) in [4.78, 5) is 11.4. The van der Waals surface area contributed by atoms with Gasteiger partial charge in [-0.1, -0.05) is 13.8 Å². The predicted octanol–water partition coefficient (Wildman–Crippen LogP) is -2.94. The van der Waals surface area contributed by atoms with Crippen LogP contribution in [0.1, 0.15) is 70.6 Å². The van der Waals surface area contributed by atoms with E-state index in [0.717, 1.165) is 56.2 Å². The van der Waals surface area contributed by atoms with Gasteiger partial charge in [-0.05, 0) is 92.8 Å². The standard InChI is InChI=1S/C27H40N2O8.Na/c1-25-11-14-17(28-29-22(14)37-24-20(32)18(30)19(31)21(36-24)23(33)34)10-12(25)4-5-13-15(25)6-8-26(2)16(13)7-9-27(26,3)35;/h12-13,15-16,18-21,24,30-32,35H,4-11H2,1-3H3,(H,28,29)(H,33,34);/q;+1/p-1/t12-,13+,15-,16-,18-,19-,20+,21-,24-,25-,26-,27-;/m0./s1. The normalized spacial score (nSPS) is 49.6. The quantitative estimate of drug-likeness (QED) is 0.251. The Balaban J connectivity index is 0.00000294. The molecular weight excluding hydrogens is 503 g/mol. The summed E-state index contributed by atoms with van der Waals surface area (Å²) in [6.07, 6.45) is -0.708. The average molecular weight is 543 g/mol. The number of aliphatic hydroxyl groups is 4. The molecule has 0 amide bonds. The molecule has 1 saturated heterocycles. The Morgan fingerprint density at radius 1 is 1.05 bits per heavy atom. The van der Waals surface area contributed by atoms with E-state index in [1.807, 2.05) is 6.92 Å². The third kappa shape index (κ3) is 4.04. The van der Waals surface area contributed by atoms with Crippen LogP contribution in [0.4, 0.5) is 0 Å². The van der Waals surface area contributed by atoms with Crippen molar-refractivity contribution in [3.63, 3.8) is 0 Å². The summed E-state index contributed by atoms with van der Waals surface area (Å²) >= 11 is 0. The van der Waals surface area contributed by atoms with Gasteiger partial charge in [0.05, 0.1) is 11.6 Å². The number of aliphatic hydroxyl groups excluding tert-OH is 3. The maximum Gasteiger partial charge on any atom is 1.00 e. The van der Waals surface area contributed by atoms with Crippen molar-refractivity contribution in [1.29, 1.82) is 0 Å². The average Bonchev–Trinajstić information content (AvgIpc) is 3.33. The van der Waals surface area contributed by atoms with Crippen LogP contribution >= 0.6 is 0 Å². The number of fused-ring (bicyclic) bond motifs is 6. The van der Waals surface area contributed by atoms with E-state index in [1.54, 1.807) is 0 Å². The summed E-state index contributed by atoms with van der Waals surface area (Å²) < 4.78 is 11.1. The summed E-state index contributed by atoms with van der Waals surface area (Å²) in [7, 11) is 0. The molecular formula is C27H39N2NaO8. The minimum atomic E-state index is -1.83. The molecule has 10 nitrogen and oxygen atoms in total. The van der Waals surface area contributed by atoms with Crippen LogP contribution in [0.2, 0.25) is 0 Å². The van der Waals surface area contributed by atoms with Gasteiger partial charge in [-0.15, -0.1) is 5.10 Å². The number of hydrogen-bond acceptors (Lipinski definition) is 9. The number of carbonyl (C=O) groups excluding carboxylic acids is 1. The van der Waals surface area contributed by atoms with Gasteiger partial charge in [0, 0.05) is 11.3 Å². The molecule has 0 radical (unpaired) electrons. The molecule has 4 fully saturated rings. The number of carboxylic acids is 1. The van der Waals surface area contributed by atoms with Gasteiger partial charge >= 0.3 is 29.6 Å². The number of carbonyl (C=O) groups is 1. The minimum absolute atomic E-state index is 0. The van der Waals surface area contributed by atoms with Crippen LogP contribution in [-0.4, -0.2) is 72.9 Å². The zero-order valence-electron chi connectivity index (χ0n) is 22.7. The van der Waals surface area contributed by atoms with Crippen molar-refractivity contribution in [2.45, 2.75) is 108 Å². The second kappa shape index (κ2) is 9.69. The van der Waals surface area contributed by atoms with E-state index in [0.29, 0.717) is 23.7 Å². The van der Waals surface area contributed by atoms with Gasteiger partial charge in [0.2, 0.25) is 12.2 Å². The Labute approximate surface area is 244 Å². The molecule has 1 aromatic heterocycles. The second-order valence-corrected chi connectivity index (χ2v) is 13.1. The molecule has 4 aliphatic carbocycles. The first kappa shape index (κ1) is 28.8. The third-order valence-corrected chi connectivity index (χ3v) is 11.6. The Kier molecular flexibility index (Phi) is 7.34. The summed E-state index contributed by atoms with van der Waals surface area (Å²) in [6.45, 7) is 6.69. The monoisotopic (exact) mass is 542 g/mol. The van der Waals surface area contributed by atoms with E-state index in [2.05, 4.69) is 24.0 Å². The Bertz CT molecular complexity index is 1080. The molecule has 0 unspecified atom stereocenters. The maximum absolute atomic E-state index is 11.4. The van der Waals surface area contributed by atoms with Crippen molar-refractivity contribution in [2.24, 2.45) is 34.5 Å². The van der Waals surface area contributed by atoms with Gasteiger partial charge in [-0.25, -0.2) is 0 Å². The van der Waals surface area contributed by atoms with Crippen LogP contribution in [0.25, 0.3) is 0 Å². The number of aliphatic carboxylic acids is 1. The van der Waals surface area contributed by atoms with Crippen molar-refractivity contribution in [3.05, 3.63) is 11.3 Å². The van der Waals surface area contributed by atoms with Crippen molar-refractivity contribution in [1.82, 2.24) is 10.2 Å². The van der Waals surface area contributed by atoms with Crippen LogP contribution in [0.3, 0.4) is 0 Å². The van der Waals surface area contributed by atoms with Gasteiger partial charge in [-0.3, -0.25) is 5.10 Å². The first-order valence-electron chi connectivity index (χ1n) is 13.7. The molecule has 0 bridgehead atoms. The third-order valence-electron chi connectivity index (χ3n) is 11.6. The molecule has 5 aliphatic rings. The van der Waals surface area contributed by atoms with Gasteiger partial charge in [0.15, 0.2) is 0 Å². The van der Waals surface area contributed by atoms with Gasteiger partial charge < -0.3 is 39.8 Å². The largest absolute Gasteiger partial charge is 1.00 e. The first-order chi connectivity index (χ1) is 17.4. The van der Waals surface area contributed by atoms with Crippen molar-refractivity contribution in [3.8, 4) is 5.88 Å². The number of ether oxygens (including phenoxy) is 2. The van der Waals surface area contributed by atoms with Gasteiger partial charge in [0.25, 0.3) is 0 Å². The van der Waals surface area contributed by atoms with Crippen LogP contribution in [0.15, 0.2) is 0 Å². The Morgan fingerprint density at radius 3 is 2.47 bits per heavy atom. The van der Waals surface area contributed by atoms with E-state index < -0.39 is 42.3 Å². The van der Waals surface area contributed by atoms with Crippen LogP contribution < -0.4 is 39.4 Å². The number of rotatable bonds is 3. The van der Waals surface area contributed by atoms with Crippen molar-refractivity contribution < 1.29 is 69.4 Å². The summed E-state index contributed by atoms with van der Waals surface area (Å²) in [6, 6.07) is 0. The molecule has 5 N–H and O–H groups in total. The van der Waals surface area contributed by atoms with E-state index in [4.69, 9.17) is 9.47 Å². The van der Waals surface area contributed by atoms with Crippen molar-refractivity contribution in [2.75, 3.05) is 0 Å². The predicted molar refractivity (Wildman–Crippen MR) is 127 cm³/mol. The molecule has 1 aliphatic heterocycles. The van der Waals surface area contributed by atoms with Crippen LogP contribution in [0, 0.1) is 34.5 Å². The molecule has 6 rings (SSSR count). The molecule has 1 aromatic rings. The first-order valence-corrected chi connectivity index (χ1v) is 13.7. The zero-order chi connectivity index (χ0) is 26.5. The number of nitrogens with zero attached hydrogens (tertiary/aromatic N) is 1. The van der Waals surface area contributed by atoms with Crippen molar-refractivity contribution >= 4 is 5.97 Å². The molecule has 3 saturated carbocycles. The fourth-order valence-corrected chi connectivity index (χ4v) is 9.10. The summed E-state index contributed by atoms with van der Waals surface area (Å²) in [5.74, 6) is 0.624. The molecule has 206 valence electrons. The Hall–Kier alpha value is -0.720. The maximum atomic E-state index is 11.4.